The van der Waals surface area contributed by atoms with Crippen molar-refractivity contribution in [2.24, 2.45) is 0 Å². The first-order valence-corrected chi connectivity index (χ1v) is 7.72. The molecule has 0 aliphatic heterocycles. The number of amides is 1. The summed E-state index contributed by atoms with van der Waals surface area (Å²) in [6.45, 7) is 0. The number of hydrogen-bond acceptors (Lipinski definition) is 5. The van der Waals surface area contributed by atoms with Gasteiger partial charge in [-0.15, -0.1) is 0 Å². The van der Waals surface area contributed by atoms with Crippen LogP contribution in [-0.2, 0) is 4.74 Å². The number of carbonyl (C=O) groups is 1. The van der Waals surface area contributed by atoms with E-state index in [1.54, 1.807) is 26.3 Å². The molecule has 3 rings (SSSR count). The van der Waals surface area contributed by atoms with E-state index in [0.29, 0.717) is 24.2 Å². The maximum Gasteiger partial charge on any atom is 0.276 e. The van der Waals surface area contributed by atoms with Gasteiger partial charge in [0.15, 0.2) is 11.5 Å². The number of methoxy groups -OCH3 is 1. The Balaban J connectivity index is 1.75. The molecule has 1 fully saturated rings. The topological polar surface area (TPSA) is 75.8 Å². The molecule has 1 saturated carbocycles. The van der Waals surface area contributed by atoms with Gasteiger partial charge in [0.1, 0.15) is 11.9 Å². The Kier molecular flexibility index (Phi) is 4.64. The van der Waals surface area contributed by atoms with Crippen LogP contribution in [0, 0.1) is 5.82 Å². The number of rotatable bonds is 4. The number of ether oxygens (including phenoxy) is 1. The highest BCUT2D eigenvalue weighted by molar-refractivity contribution is 5.93. The van der Waals surface area contributed by atoms with E-state index in [2.05, 4.69) is 5.16 Å². The molecule has 0 bridgehead atoms. The van der Waals surface area contributed by atoms with Crippen LogP contribution >= 0.6 is 0 Å². The van der Waals surface area contributed by atoms with E-state index >= 15 is 0 Å². The molecule has 0 saturated heterocycles. The van der Waals surface area contributed by atoms with Gasteiger partial charge >= 0.3 is 0 Å². The van der Waals surface area contributed by atoms with E-state index < -0.39 is 6.10 Å². The van der Waals surface area contributed by atoms with Gasteiger partial charge in [-0.3, -0.25) is 4.79 Å². The fourth-order valence-corrected chi connectivity index (χ4v) is 3.06. The lowest BCUT2D eigenvalue weighted by molar-refractivity contribution is -0.0157. The lowest BCUT2D eigenvalue weighted by Gasteiger charge is -2.27. The number of aromatic nitrogens is 1. The Hall–Kier alpha value is -2.25. The molecule has 6 nitrogen and oxygen atoms in total. The van der Waals surface area contributed by atoms with E-state index in [9.17, 15) is 14.3 Å². The van der Waals surface area contributed by atoms with E-state index in [4.69, 9.17) is 9.26 Å². The molecule has 24 heavy (non-hydrogen) atoms. The van der Waals surface area contributed by atoms with Crippen LogP contribution in [0.15, 0.2) is 34.9 Å². The molecule has 128 valence electrons. The third kappa shape index (κ3) is 3.05. The maximum atomic E-state index is 13.0. The molecule has 2 aromatic rings. The molecule has 1 aliphatic carbocycles. The van der Waals surface area contributed by atoms with Gasteiger partial charge in [0.05, 0.1) is 12.1 Å². The molecule has 1 aromatic heterocycles. The number of aliphatic hydroxyl groups is 1. The zero-order valence-corrected chi connectivity index (χ0v) is 13.5. The van der Waals surface area contributed by atoms with Crippen molar-refractivity contribution in [3.8, 4) is 11.3 Å². The molecule has 1 N–H and O–H groups in total. The zero-order chi connectivity index (χ0) is 17.3. The van der Waals surface area contributed by atoms with Crippen molar-refractivity contribution in [2.75, 3.05) is 14.2 Å². The van der Waals surface area contributed by atoms with Crippen LogP contribution in [0.4, 0.5) is 4.39 Å². The van der Waals surface area contributed by atoms with Gasteiger partial charge in [-0.25, -0.2) is 4.39 Å². The van der Waals surface area contributed by atoms with E-state index in [1.807, 2.05) is 0 Å². The highest BCUT2D eigenvalue weighted by atomic mass is 19.1. The van der Waals surface area contributed by atoms with Crippen LogP contribution < -0.4 is 0 Å². The minimum atomic E-state index is -0.729. The quantitative estimate of drug-likeness (QED) is 0.926. The third-order valence-corrected chi connectivity index (χ3v) is 4.50. The number of carbonyl (C=O) groups excluding carboxylic acids is 1. The van der Waals surface area contributed by atoms with Crippen LogP contribution in [0.5, 0.6) is 0 Å². The molecule has 0 radical (unpaired) electrons. The molecule has 1 aliphatic rings. The summed E-state index contributed by atoms with van der Waals surface area (Å²) >= 11 is 0. The van der Waals surface area contributed by atoms with Crippen molar-refractivity contribution < 1.29 is 23.6 Å². The van der Waals surface area contributed by atoms with Gasteiger partial charge in [0.2, 0.25) is 0 Å². The molecule has 1 amide bonds. The van der Waals surface area contributed by atoms with Crippen molar-refractivity contribution in [1.29, 1.82) is 0 Å². The molecule has 3 atom stereocenters. The average molecular weight is 334 g/mol. The molecule has 0 unspecified atom stereocenters. The second kappa shape index (κ2) is 6.70. The van der Waals surface area contributed by atoms with E-state index in [-0.39, 0.29) is 29.6 Å². The Bertz CT molecular complexity index is 716. The van der Waals surface area contributed by atoms with Crippen LogP contribution in [0.25, 0.3) is 11.3 Å². The fraction of sp³-hybridized carbons (Fsp3) is 0.412. The van der Waals surface area contributed by atoms with Gasteiger partial charge in [-0.05, 0) is 37.1 Å². The van der Waals surface area contributed by atoms with Crippen LogP contribution in [-0.4, -0.2) is 53.5 Å². The minimum Gasteiger partial charge on any atom is -0.388 e. The standard InChI is InChI=1S/C17H19FN2O4/c1-20(13-7-8-14(23-2)16(13)21)17(22)12-9-15(24-19-12)10-3-5-11(18)6-4-10/h3-6,9,13-14,16,21H,7-8H2,1-2H3/t13-,14-,16-/m1/s1. The second-order valence-electron chi connectivity index (χ2n) is 5.91. The number of nitrogens with zero attached hydrogens (tertiary/aromatic N) is 2. The number of aliphatic hydroxyl groups excluding tert-OH is 1. The van der Waals surface area contributed by atoms with E-state index in [0.717, 1.165) is 0 Å². The van der Waals surface area contributed by atoms with Gasteiger partial charge in [-0.1, -0.05) is 5.16 Å². The largest absolute Gasteiger partial charge is 0.388 e. The number of likely N-dealkylation sites (N-methyl/N-ethyl adjacent to an activating group) is 1. The van der Waals surface area contributed by atoms with Crippen molar-refractivity contribution in [3.05, 3.63) is 41.8 Å². The van der Waals surface area contributed by atoms with Crippen molar-refractivity contribution in [3.63, 3.8) is 0 Å². The predicted octanol–water partition coefficient (Wildman–Crippen LogP) is 2.09. The average Bonchev–Trinajstić information content (AvgIpc) is 3.21. The first kappa shape index (κ1) is 16.6. The van der Waals surface area contributed by atoms with Gasteiger partial charge in [0.25, 0.3) is 5.91 Å². The summed E-state index contributed by atoms with van der Waals surface area (Å²) in [6.07, 6.45) is 0.356. The molecule has 0 spiro atoms. The zero-order valence-electron chi connectivity index (χ0n) is 13.5. The van der Waals surface area contributed by atoms with E-state index in [1.165, 1.54) is 23.1 Å². The Morgan fingerprint density at radius 3 is 2.71 bits per heavy atom. The Labute approximate surface area is 138 Å². The summed E-state index contributed by atoms with van der Waals surface area (Å²) in [7, 11) is 3.17. The van der Waals surface area contributed by atoms with Crippen molar-refractivity contribution in [1.82, 2.24) is 10.1 Å². The minimum absolute atomic E-state index is 0.143. The van der Waals surface area contributed by atoms with Crippen LogP contribution in [0.1, 0.15) is 23.3 Å². The Morgan fingerprint density at radius 1 is 1.38 bits per heavy atom. The number of benzene rings is 1. The normalized spacial score (nSPS) is 23.4. The monoisotopic (exact) mass is 334 g/mol. The summed E-state index contributed by atoms with van der Waals surface area (Å²) in [4.78, 5) is 14.0. The summed E-state index contributed by atoms with van der Waals surface area (Å²) in [5.41, 5.74) is 0.774. The smallest absolute Gasteiger partial charge is 0.276 e. The molecule has 7 heteroatoms. The molecular formula is C17H19FN2O4. The molecule has 1 aromatic carbocycles. The summed E-state index contributed by atoms with van der Waals surface area (Å²) in [5, 5.41) is 14.0. The molecular weight excluding hydrogens is 315 g/mol. The summed E-state index contributed by atoms with van der Waals surface area (Å²) in [6, 6.07) is 6.92. The maximum absolute atomic E-state index is 13.0. The Morgan fingerprint density at radius 2 is 2.08 bits per heavy atom. The lowest BCUT2D eigenvalue weighted by atomic mass is 10.1. The highest BCUT2D eigenvalue weighted by Crippen LogP contribution is 2.27. The van der Waals surface area contributed by atoms with Gasteiger partial charge in [-0.2, -0.15) is 0 Å². The summed E-state index contributed by atoms with van der Waals surface area (Å²) < 4.78 is 23.4. The first-order valence-electron chi connectivity index (χ1n) is 7.72. The van der Waals surface area contributed by atoms with Gasteiger partial charge < -0.3 is 19.3 Å². The lowest BCUT2D eigenvalue weighted by Crippen LogP contribution is -2.44. The third-order valence-electron chi connectivity index (χ3n) is 4.50. The summed E-state index contributed by atoms with van der Waals surface area (Å²) in [5.74, 6) is -0.307. The van der Waals surface area contributed by atoms with Crippen molar-refractivity contribution in [2.45, 2.75) is 31.1 Å². The molecule has 1 heterocycles. The first-order chi connectivity index (χ1) is 11.5. The van der Waals surface area contributed by atoms with Crippen LogP contribution in [0.3, 0.4) is 0 Å². The van der Waals surface area contributed by atoms with Crippen LogP contribution in [0.2, 0.25) is 0 Å². The highest BCUT2D eigenvalue weighted by Gasteiger charge is 2.39. The number of hydrogen-bond donors (Lipinski definition) is 1. The fourth-order valence-electron chi connectivity index (χ4n) is 3.06. The predicted molar refractivity (Wildman–Crippen MR) is 83.8 cm³/mol. The van der Waals surface area contributed by atoms with Gasteiger partial charge in [0, 0.05) is 25.8 Å². The second-order valence-corrected chi connectivity index (χ2v) is 5.91. The van der Waals surface area contributed by atoms with Crippen molar-refractivity contribution >= 4 is 5.91 Å². The number of halogens is 1. The SMILES string of the molecule is CO[C@@H]1CC[C@@H](N(C)C(=O)c2cc(-c3ccc(F)cc3)on2)[C@H]1O.